The van der Waals surface area contributed by atoms with Gasteiger partial charge in [0.1, 0.15) is 6.10 Å². The average molecular weight is 232 g/mol. The molecule has 1 heterocycles. The number of nitrogens with zero attached hydrogens (tertiary/aromatic N) is 1. The maximum atomic E-state index is 9.92. The Morgan fingerprint density at radius 1 is 1.43 bits per heavy atom. The van der Waals surface area contributed by atoms with Crippen LogP contribution in [-0.2, 0) is 0 Å². The minimum absolute atomic E-state index is 0.321. The second-order valence-electron chi connectivity index (χ2n) is 3.66. The molecule has 76 valence electrons. The Kier molecular flexibility index (Phi) is 2.96. The van der Waals surface area contributed by atoms with Crippen molar-refractivity contribution >= 4 is 23.2 Å². The van der Waals surface area contributed by atoms with E-state index in [0.717, 1.165) is 12.8 Å². The molecule has 0 saturated heterocycles. The highest BCUT2D eigenvalue weighted by Gasteiger charge is 2.29. The molecule has 14 heavy (non-hydrogen) atoms. The third-order valence-corrected chi connectivity index (χ3v) is 3.22. The molecule has 0 radical (unpaired) electrons. The van der Waals surface area contributed by atoms with Gasteiger partial charge in [0.05, 0.1) is 15.7 Å². The van der Waals surface area contributed by atoms with E-state index < -0.39 is 6.10 Å². The zero-order valence-electron chi connectivity index (χ0n) is 7.58. The van der Waals surface area contributed by atoms with Gasteiger partial charge >= 0.3 is 0 Å². The van der Waals surface area contributed by atoms with Gasteiger partial charge in [-0.2, -0.15) is 0 Å². The van der Waals surface area contributed by atoms with Crippen molar-refractivity contribution in [3.05, 3.63) is 28.0 Å². The molecular formula is C10H11Cl2NO. The highest BCUT2D eigenvalue weighted by atomic mass is 35.5. The van der Waals surface area contributed by atoms with Crippen LogP contribution >= 0.6 is 23.2 Å². The van der Waals surface area contributed by atoms with E-state index in [9.17, 15) is 5.11 Å². The molecule has 1 N–H and O–H groups in total. The summed E-state index contributed by atoms with van der Waals surface area (Å²) >= 11 is 11.7. The predicted molar refractivity (Wildman–Crippen MR) is 56.6 cm³/mol. The average Bonchev–Trinajstić information content (AvgIpc) is 2.00. The lowest BCUT2D eigenvalue weighted by molar-refractivity contribution is 0.0588. The Balaban J connectivity index is 2.22. The number of pyridine rings is 1. The van der Waals surface area contributed by atoms with E-state index in [2.05, 4.69) is 4.98 Å². The van der Waals surface area contributed by atoms with Crippen molar-refractivity contribution in [2.75, 3.05) is 0 Å². The number of hydrogen-bond acceptors (Lipinski definition) is 2. The number of halogens is 2. The van der Waals surface area contributed by atoms with Crippen LogP contribution in [0.1, 0.15) is 31.1 Å². The van der Waals surface area contributed by atoms with E-state index in [-0.39, 0.29) is 0 Å². The summed E-state index contributed by atoms with van der Waals surface area (Å²) in [5, 5.41) is 10.9. The molecule has 4 heteroatoms. The van der Waals surface area contributed by atoms with Crippen LogP contribution < -0.4 is 0 Å². The molecule has 1 fully saturated rings. The molecule has 2 nitrogen and oxygen atoms in total. The SMILES string of the molecule is OC(c1ncc(Cl)cc1Cl)C1CCC1. The van der Waals surface area contributed by atoms with Gasteiger partial charge in [-0.15, -0.1) is 0 Å². The van der Waals surface area contributed by atoms with E-state index in [4.69, 9.17) is 23.2 Å². The van der Waals surface area contributed by atoms with Gasteiger partial charge in [0.15, 0.2) is 0 Å². The third-order valence-electron chi connectivity index (χ3n) is 2.71. The van der Waals surface area contributed by atoms with E-state index in [1.54, 1.807) is 6.07 Å². The first-order valence-electron chi connectivity index (χ1n) is 4.67. The third kappa shape index (κ3) is 1.88. The quantitative estimate of drug-likeness (QED) is 0.849. The highest BCUT2D eigenvalue weighted by molar-refractivity contribution is 6.34. The Labute approximate surface area is 92.9 Å². The fourth-order valence-corrected chi connectivity index (χ4v) is 2.11. The lowest BCUT2D eigenvalue weighted by Gasteiger charge is -2.30. The fraction of sp³-hybridized carbons (Fsp3) is 0.500. The summed E-state index contributed by atoms with van der Waals surface area (Å²) in [5.41, 5.74) is 0.556. The lowest BCUT2D eigenvalue weighted by atomic mass is 9.80. The van der Waals surface area contributed by atoms with Gasteiger partial charge in [0.25, 0.3) is 0 Å². The van der Waals surface area contributed by atoms with Crippen molar-refractivity contribution in [2.24, 2.45) is 5.92 Å². The summed E-state index contributed by atoms with van der Waals surface area (Å²) in [4.78, 5) is 4.07. The molecule has 1 aromatic heterocycles. The van der Waals surface area contributed by atoms with Gasteiger partial charge in [-0.25, -0.2) is 0 Å². The Bertz CT molecular complexity index is 339. The first-order chi connectivity index (χ1) is 6.68. The van der Waals surface area contributed by atoms with Crippen LogP contribution in [0.4, 0.5) is 0 Å². The van der Waals surface area contributed by atoms with Gasteiger partial charge in [-0.05, 0) is 24.8 Å². The van der Waals surface area contributed by atoms with E-state index >= 15 is 0 Å². The summed E-state index contributed by atoms with van der Waals surface area (Å²) in [6.07, 6.45) is 4.29. The first kappa shape index (κ1) is 10.2. The standard InChI is InChI=1S/C10H11Cl2NO/c11-7-4-8(12)9(13-5-7)10(14)6-2-1-3-6/h4-6,10,14H,1-3H2. The number of rotatable bonds is 2. The van der Waals surface area contributed by atoms with Gasteiger partial charge in [-0.3, -0.25) is 4.98 Å². The van der Waals surface area contributed by atoms with Crippen LogP contribution in [0.25, 0.3) is 0 Å². The smallest absolute Gasteiger partial charge is 0.100 e. The number of aliphatic hydroxyl groups excluding tert-OH is 1. The second kappa shape index (κ2) is 4.05. The molecule has 1 aliphatic rings. The van der Waals surface area contributed by atoms with Crippen LogP contribution in [0.5, 0.6) is 0 Å². The normalized spacial score (nSPS) is 19.1. The maximum Gasteiger partial charge on any atom is 0.100 e. The van der Waals surface area contributed by atoms with E-state index in [1.807, 2.05) is 0 Å². The molecule has 0 spiro atoms. The van der Waals surface area contributed by atoms with Crippen molar-refractivity contribution in [2.45, 2.75) is 25.4 Å². The molecule has 1 saturated carbocycles. The molecule has 1 aromatic rings. The molecule has 0 aromatic carbocycles. The highest BCUT2D eigenvalue weighted by Crippen LogP contribution is 2.39. The number of aromatic nitrogens is 1. The van der Waals surface area contributed by atoms with Gasteiger partial charge in [0, 0.05) is 6.20 Å². The molecule has 0 aliphatic heterocycles. The monoisotopic (exact) mass is 231 g/mol. The Morgan fingerprint density at radius 2 is 2.14 bits per heavy atom. The fourth-order valence-electron chi connectivity index (χ4n) is 1.62. The molecule has 1 unspecified atom stereocenters. The van der Waals surface area contributed by atoms with Crippen molar-refractivity contribution < 1.29 is 5.11 Å². The van der Waals surface area contributed by atoms with Crippen molar-refractivity contribution in [1.29, 1.82) is 0 Å². The van der Waals surface area contributed by atoms with Crippen LogP contribution in [-0.4, -0.2) is 10.1 Å². The second-order valence-corrected chi connectivity index (χ2v) is 4.50. The summed E-state index contributed by atoms with van der Waals surface area (Å²) in [6, 6.07) is 1.62. The summed E-state index contributed by atoms with van der Waals surface area (Å²) in [5.74, 6) is 0.321. The van der Waals surface area contributed by atoms with Crippen molar-refractivity contribution in [3.8, 4) is 0 Å². The minimum Gasteiger partial charge on any atom is -0.386 e. The van der Waals surface area contributed by atoms with Crippen molar-refractivity contribution in [3.63, 3.8) is 0 Å². The number of aliphatic hydroxyl groups is 1. The summed E-state index contributed by atoms with van der Waals surface area (Å²) in [7, 11) is 0. The lowest BCUT2D eigenvalue weighted by Crippen LogP contribution is -2.21. The van der Waals surface area contributed by atoms with Crippen LogP contribution in [0.3, 0.4) is 0 Å². The van der Waals surface area contributed by atoms with Crippen LogP contribution in [0.15, 0.2) is 12.3 Å². The van der Waals surface area contributed by atoms with Crippen molar-refractivity contribution in [1.82, 2.24) is 4.98 Å². The Morgan fingerprint density at radius 3 is 2.64 bits per heavy atom. The zero-order valence-corrected chi connectivity index (χ0v) is 9.09. The van der Waals surface area contributed by atoms with Crippen LogP contribution in [0, 0.1) is 5.92 Å². The Hall–Kier alpha value is -0.310. The van der Waals surface area contributed by atoms with E-state index in [0.29, 0.717) is 21.7 Å². The topological polar surface area (TPSA) is 33.1 Å². The van der Waals surface area contributed by atoms with E-state index in [1.165, 1.54) is 12.6 Å². The van der Waals surface area contributed by atoms with Gasteiger partial charge < -0.3 is 5.11 Å². The molecule has 0 bridgehead atoms. The summed E-state index contributed by atoms with van der Waals surface area (Å²) in [6.45, 7) is 0. The maximum absolute atomic E-state index is 9.92. The molecule has 1 atom stereocenters. The molecule has 1 aliphatic carbocycles. The molecule has 2 rings (SSSR count). The first-order valence-corrected chi connectivity index (χ1v) is 5.43. The summed E-state index contributed by atoms with van der Waals surface area (Å²) < 4.78 is 0. The largest absolute Gasteiger partial charge is 0.386 e. The predicted octanol–water partition coefficient (Wildman–Crippen LogP) is 3.22. The zero-order chi connectivity index (χ0) is 10.1. The minimum atomic E-state index is -0.534. The molecule has 0 amide bonds. The number of hydrogen-bond donors (Lipinski definition) is 1. The molecular weight excluding hydrogens is 221 g/mol. The van der Waals surface area contributed by atoms with Gasteiger partial charge in [-0.1, -0.05) is 29.6 Å². The van der Waals surface area contributed by atoms with Gasteiger partial charge in [0.2, 0.25) is 0 Å². The van der Waals surface area contributed by atoms with Crippen LogP contribution in [0.2, 0.25) is 10.0 Å².